The minimum atomic E-state index is -0.669. The van der Waals surface area contributed by atoms with Crippen LogP contribution in [0.3, 0.4) is 0 Å². The molecule has 164 valence electrons. The van der Waals surface area contributed by atoms with E-state index in [4.69, 9.17) is 14.5 Å². The quantitative estimate of drug-likeness (QED) is 0.630. The van der Waals surface area contributed by atoms with E-state index in [0.29, 0.717) is 25.6 Å². The molecule has 1 aromatic heterocycles. The fraction of sp³-hybridized carbons (Fsp3) is 0.625. The molecule has 2 aliphatic rings. The van der Waals surface area contributed by atoms with Crippen molar-refractivity contribution in [3.05, 3.63) is 23.4 Å². The molecular weight excluding hydrogens is 381 g/mol. The number of hydrogen-bond acceptors (Lipinski definition) is 5. The van der Waals surface area contributed by atoms with Crippen LogP contribution in [0.2, 0.25) is 0 Å². The first-order valence-electron chi connectivity index (χ1n) is 11.3. The van der Waals surface area contributed by atoms with Gasteiger partial charge in [-0.25, -0.2) is 4.39 Å². The van der Waals surface area contributed by atoms with Crippen LogP contribution in [0.1, 0.15) is 50.8 Å². The number of likely N-dealkylation sites (tertiary alicyclic amines) is 1. The normalized spacial score (nSPS) is 19.3. The van der Waals surface area contributed by atoms with Crippen molar-refractivity contribution in [1.82, 2.24) is 9.88 Å². The number of hydrogen-bond donors (Lipinski definition) is 1. The summed E-state index contributed by atoms with van der Waals surface area (Å²) in [5.74, 6) is 1.46. The van der Waals surface area contributed by atoms with Crippen LogP contribution < -0.4 is 14.8 Å². The van der Waals surface area contributed by atoms with Crippen molar-refractivity contribution in [2.24, 2.45) is 0 Å². The highest BCUT2D eigenvalue weighted by Gasteiger charge is 2.22. The molecule has 1 aliphatic heterocycles. The van der Waals surface area contributed by atoms with Gasteiger partial charge in [-0.1, -0.05) is 0 Å². The first-order valence-corrected chi connectivity index (χ1v) is 11.3. The first-order chi connectivity index (χ1) is 14.5. The molecule has 2 aromatic rings. The molecule has 1 N–H and O–H groups in total. The minimum absolute atomic E-state index is 0.345. The van der Waals surface area contributed by atoms with Gasteiger partial charge >= 0.3 is 0 Å². The van der Waals surface area contributed by atoms with E-state index in [2.05, 4.69) is 30.1 Å². The fourth-order valence-corrected chi connectivity index (χ4v) is 4.62. The molecule has 1 fully saturated rings. The monoisotopic (exact) mass is 415 g/mol. The van der Waals surface area contributed by atoms with Gasteiger partial charge in [-0.3, -0.25) is 4.98 Å². The average molecular weight is 416 g/mol. The van der Waals surface area contributed by atoms with Crippen molar-refractivity contribution in [3.8, 4) is 11.5 Å². The van der Waals surface area contributed by atoms with Gasteiger partial charge in [-0.2, -0.15) is 0 Å². The zero-order chi connectivity index (χ0) is 21.1. The standard InChI is InChI=1S/C24H34FN3O2/c1-16(2)26-24-18-7-4-5-8-20(18)27-21-14-23(22(29-3)13-19(21)24)30-12-6-10-28-11-9-17(25)15-28/h13-14,16-17H,4-12,15H2,1-3H3,(H,26,27)/t17-/m1/s1. The summed E-state index contributed by atoms with van der Waals surface area (Å²) in [6.07, 6.45) is 5.37. The Hall–Kier alpha value is -2.08. The molecule has 1 aliphatic carbocycles. The summed E-state index contributed by atoms with van der Waals surface area (Å²) in [4.78, 5) is 7.16. The number of methoxy groups -OCH3 is 1. The molecule has 1 atom stereocenters. The molecule has 5 nitrogen and oxygen atoms in total. The number of aromatic nitrogens is 1. The Morgan fingerprint density at radius 1 is 1.23 bits per heavy atom. The molecule has 30 heavy (non-hydrogen) atoms. The Morgan fingerprint density at radius 3 is 2.80 bits per heavy atom. The fourth-order valence-electron chi connectivity index (χ4n) is 4.62. The van der Waals surface area contributed by atoms with E-state index in [0.717, 1.165) is 54.8 Å². The lowest BCUT2D eigenvalue weighted by molar-refractivity contribution is 0.243. The summed E-state index contributed by atoms with van der Waals surface area (Å²) in [6.45, 7) is 7.19. The van der Waals surface area contributed by atoms with Crippen LogP contribution in [0.15, 0.2) is 12.1 Å². The number of halogens is 1. The molecule has 0 unspecified atom stereocenters. The number of rotatable bonds is 8. The predicted octanol–water partition coefficient (Wildman–Crippen LogP) is 4.76. The van der Waals surface area contributed by atoms with Crippen LogP contribution in [-0.4, -0.2) is 55.4 Å². The molecule has 2 heterocycles. The highest BCUT2D eigenvalue weighted by molar-refractivity contribution is 5.96. The van der Waals surface area contributed by atoms with Gasteiger partial charge in [0.25, 0.3) is 0 Å². The van der Waals surface area contributed by atoms with E-state index in [1.165, 1.54) is 29.8 Å². The molecule has 0 bridgehead atoms. The highest BCUT2D eigenvalue weighted by atomic mass is 19.1. The number of nitrogens with zero attached hydrogens (tertiary/aromatic N) is 2. The van der Waals surface area contributed by atoms with Gasteiger partial charge < -0.3 is 19.7 Å². The number of nitrogens with one attached hydrogen (secondary N) is 1. The molecule has 0 radical (unpaired) electrons. The van der Waals surface area contributed by atoms with Gasteiger partial charge in [-0.15, -0.1) is 0 Å². The third-order valence-electron chi connectivity index (χ3n) is 6.07. The molecule has 4 rings (SSSR count). The zero-order valence-corrected chi connectivity index (χ0v) is 18.5. The van der Waals surface area contributed by atoms with E-state index in [1.807, 2.05) is 6.07 Å². The molecule has 0 spiro atoms. The SMILES string of the molecule is COc1cc2c(NC(C)C)c3c(nc2cc1OCCCN1CC[C@@H](F)C1)CCCC3. The van der Waals surface area contributed by atoms with E-state index in [9.17, 15) is 4.39 Å². The van der Waals surface area contributed by atoms with Gasteiger partial charge in [0.05, 0.1) is 19.2 Å². The van der Waals surface area contributed by atoms with E-state index >= 15 is 0 Å². The van der Waals surface area contributed by atoms with Crippen LogP contribution in [0.5, 0.6) is 11.5 Å². The van der Waals surface area contributed by atoms with Crippen LogP contribution in [0, 0.1) is 0 Å². The Morgan fingerprint density at radius 2 is 2.07 bits per heavy atom. The number of ether oxygens (including phenoxy) is 2. The number of alkyl halides is 1. The average Bonchev–Trinajstić information content (AvgIpc) is 3.15. The molecule has 1 saturated heterocycles. The summed E-state index contributed by atoms with van der Waals surface area (Å²) >= 11 is 0. The minimum Gasteiger partial charge on any atom is -0.493 e. The number of benzene rings is 1. The van der Waals surface area contributed by atoms with E-state index < -0.39 is 6.17 Å². The van der Waals surface area contributed by atoms with Crippen molar-refractivity contribution in [1.29, 1.82) is 0 Å². The van der Waals surface area contributed by atoms with Gasteiger partial charge in [0, 0.05) is 48.5 Å². The second-order valence-electron chi connectivity index (χ2n) is 8.83. The first kappa shape index (κ1) is 21.2. The van der Waals surface area contributed by atoms with Crippen LogP contribution in [-0.2, 0) is 12.8 Å². The molecule has 6 heteroatoms. The summed E-state index contributed by atoms with van der Waals surface area (Å²) < 4.78 is 25.1. The van der Waals surface area contributed by atoms with Gasteiger partial charge in [0.1, 0.15) is 6.17 Å². The number of fused-ring (bicyclic) bond motifs is 2. The van der Waals surface area contributed by atoms with E-state index in [-0.39, 0.29) is 0 Å². The maximum Gasteiger partial charge on any atom is 0.163 e. The van der Waals surface area contributed by atoms with E-state index in [1.54, 1.807) is 7.11 Å². The number of aryl methyl sites for hydroxylation is 1. The summed E-state index contributed by atoms with van der Waals surface area (Å²) in [7, 11) is 1.68. The lowest BCUT2D eigenvalue weighted by atomic mass is 9.92. The largest absolute Gasteiger partial charge is 0.493 e. The summed E-state index contributed by atoms with van der Waals surface area (Å²) in [5.41, 5.74) is 4.72. The van der Waals surface area contributed by atoms with Crippen molar-refractivity contribution in [3.63, 3.8) is 0 Å². The second-order valence-corrected chi connectivity index (χ2v) is 8.83. The molecule has 0 amide bonds. The smallest absolute Gasteiger partial charge is 0.163 e. The zero-order valence-electron chi connectivity index (χ0n) is 18.5. The topological polar surface area (TPSA) is 46.6 Å². The maximum atomic E-state index is 13.3. The predicted molar refractivity (Wildman–Crippen MR) is 120 cm³/mol. The lowest BCUT2D eigenvalue weighted by Crippen LogP contribution is -2.23. The van der Waals surface area contributed by atoms with Crippen LogP contribution in [0.25, 0.3) is 10.9 Å². The third kappa shape index (κ3) is 4.64. The maximum absolute atomic E-state index is 13.3. The third-order valence-corrected chi connectivity index (χ3v) is 6.07. The number of anilines is 1. The Kier molecular flexibility index (Phi) is 6.61. The van der Waals surface area contributed by atoms with Crippen molar-refractivity contribution < 1.29 is 13.9 Å². The van der Waals surface area contributed by atoms with Crippen LogP contribution >= 0.6 is 0 Å². The van der Waals surface area contributed by atoms with Gasteiger partial charge in [-0.05, 0) is 64.0 Å². The Labute approximate surface area is 178 Å². The highest BCUT2D eigenvalue weighted by Crippen LogP contribution is 2.39. The van der Waals surface area contributed by atoms with Crippen LogP contribution in [0.4, 0.5) is 10.1 Å². The van der Waals surface area contributed by atoms with Gasteiger partial charge in [0.2, 0.25) is 0 Å². The summed E-state index contributed by atoms with van der Waals surface area (Å²) in [6, 6.07) is 4.42. The van der Waals surface area contributed by atoms with Crippen molar-refractivity contribution in [2.45, 2.75) is 64.6 Å². The summed E-state index contributed by atoms with van der Waals surface area (Å²) in [5, 5.41) is 4.76. The molecular formula is C24H34FN3O2. The van der Waals surface area contributed by atoms with Gasteiger partial charge in [0.15, 0.2) is 11.5 Å². The molecule has 0 saturated carbocycles. The van der Waals surface area contributed by atoms with Crippen molar-refractivity contribution in [2.75, 3.05) is 38.7 Å². The molecule has 1 aromatic carbocycles. The lowest BCUT2D eigenvalue weighted by Gasteiger charge is -2.24. The Bertz CT molecular complexity index is 887. The second kappa shape index (κ2) is 9.38. The number of pyridine rings is 1. The van der Waals surface area contributed by atoms with Crippen molar-refractivity contribution >= 4 is 16.6 Å². The Balaban J connectivity index is 1.56.